The Morgan fingerprint density at radius 1 is 1.17 bits per heavy atom. The molecule has 2 heterocycles. The number of anilines is 1. The lowest BCUT2D eigenvalue weighted by Crippen LogP contribution is -2.22. The fraction of sp³-hybridized carbons (Fsp3) is 0.273. The number of pyridine rings is 1. The fourth-order valence-corrected chi connectivity index (χ4v) is 4.23. The number of carbonyl (C=O) groups excluding carboxylic acids is 1. The number of rotatable bonds is 7. The number of thioether (sulfide) groups is 1. The van der Waals surface area contributed by atoms with Gasteiger partial charge in [0.2, 0.25) is 5.91 Å². The van der Waals surface area contributed by atoms with Gasteiger partial charge >= 0.3 is 0 Å². The number of methoxy groups -OCH3 is 1. The molecule has 0 saturated heterocycles. The van der Waals surface area contributed by atoms with Crippen LogP contribution in [0.4, 0.5) is 5.13 Å². The van der Waals surface area contributed by atoms with Gasteiger partial charge in [0, 0.05) is 16.6 Å². The Hall–Kier alpha value is -2.89. The van der Waals surface area contributed by atoms with Gasteiger partial charge in [-0.3, -0.25) is 4.79 Å². The number of thiazole rings is 1. The first-order valence-corrected chi connectivity index (χ1v) is 11.2. The van der Waals surface area contributed by atoms with E-state index >= 15 is 0 Å². The summed E-state index contributed by atoms with van der Waals surface area (Å²) in [6.07, 6.45) is 0. The van der Waals surface area contributed by atoms with Gasteiger partial charge < -0.3 is 10.1 Å². The number of nitrogens with one attached hydrogen (secondary N) is 1. The summed E-state index contributed by atoms with van der Waals surface area (Å²) in [4.78, 5) is 21.7. The van der Waals surface area contributed by atoms with E-state index in [4.69, 9.17) is 4.74 Å². The minimum Gasteiger partial charge on any atom is -0.497 e. The summed E-state index contributed by atoms with van der Waals surface area (Å²) in [6, 6.07) is 13.4. The van der Waals surface area contributed by atoms with E-state index in [1.54, 1.807) is 20.1 Å². The highest BCUT2D eigenvalue weighted by atomic mass is 32.2. The summed E-state index contributed by atoms with van der Waals surface area (Å²) in [5.74, 6) is 0.837. The zero-order valence-corrected chi connectivity index (χ0v) is 18.8. The van der Waals surface area contributed by atoms with E-state index in [2.05, 4.69) is 21.4 Å². The van der Waals surface area contributed by atoms with Crippen molar-refractivity contribution < 1.29 is 9.53 Å². The number of hydrogen-bond acceptors (Lipinski definition) is 7. The van der Waals surface area contributed by atoms with Crippen LogP contribution >= 0.6 is 23.1 Å². The largest absolute Gasteiger partial charge is 0.497 e. The van der Waals surface area contributed by atoms with E-state index in [0.717, 1.165) is 22.7 Å². The maximum atomic E-state index is 12.7. The van der Waals surface area contributed by atoms with E-state index in [-0.39, 0.29) is 11.8 Å². The second-order valence-corrected chi connectivity index (χ2v) is 9.06. The number of nitrogens with zero attached hydrogens (tertiary/aromatic N) is 3. The van der Waals surface area contributed by atoms with Crippen molar-refractivity contribution in [1.29, 1.82) is 5.26 Å². The van der Waals surface area contributed by atoms with E-state index in [0.29, 0.717) is 15.7 Å². The molecule has 0 aliphatic carbocycles. The van der Waals surface area contributed by atoms with Crippen molar-refractivity contribution in [3.8, 4) is 23.1 Å². The van der Waals surface area contributed by atoms with Crippen LogP contribution in [-0.4, -0.2) is 28.2 Å². The van der Waals surface area contributed by atoms with Crippen LogP contribution < -0.4 is 10.1 Å². The molecule has 3 aromatic rings. The molecular formula is C22H22N4O2S2. The Balaban J connectivity index is 1.68. The molecular weight excluding hydrogens is 416 g/mol. The van der Waals surface area contributed by atoms with Crippen LogP contribution in [0.25, 0.3) is 11.3 Å². The molecule has 0 bridgehead atoms. The third-order valence-electron chi connectivity index (χ3n) is 4.37. The lowest BCUT2D eigenvalue weighted by molar-refractivity contribution is -0.115. The normalized spacial score (nSPS) is 11.7. The number of aromatic nitrogens is 2. The van der Waals surface area contributed by atoms with Gasteiger partial charge in [0.25, 0.3) is 0 Å². The minimum atomic E-state index is -0.430. The molecule has 154 valence electrons. The summed E-state index contributed by atoms with van der Waals surface area (Å²) >= 11 is 2.65. The molecule has 0 fully saturated rings. The summed E-state index contributed by atoms with van der Waals surface area (Å²) < 4.78 is 5.17. The molecule has 1 atom stereocenters. The van der Waals surface area contributed by atoms with Gasteiger partial charge in [-0.2, -0.15) is 5.26 Å². The first-order chi connectivity index (χ1) is 14.4. The van der Waals surface area contributed by atoms with Crippen LogP contribution in [0.3, 0.4) is 0 Å². The van der Waals surface area contributed by atoms with Gasteiger partial charge in [0.1, 0.15) is 16.8 Å². The highest BCUT2D eigenvalue weighted by Crippen LogP contribution is 2.29. The van der Waals surface area contributed by atoms with Gasteiger partial charge in [-0.25, -0.2) is 9.97 Å². The number of ether oxygens (including phenoxy) is 1. The molecule has 8 heteroatoms. The van der Waals surface area contributed by atoms with E-state index in [9.17, 15) is 10.1 Å². The molecule has 1 N–H and O–H groups in total. The second kappa shape index (κ2) is 9.74. The van der Waals surface area contributed by atoms with Gasteiger partial charge in [-0.1, -0.05) is 25.6 Å². The average Bonchev–Trinajstić information content (AvgIpc) is 3.22. The molecule has 0 aliphatic heterocycles. The minimum absolute atomic E-state index is 0.184. The van der Waals surface area contributed by atoms with Crippen molar-refractivity contribution in [3.63, 3.8) is 0 Å². The highest BCUT2D eigenvalue weighted by Gasteiger charge is 2.19. The maximum absolute atomic E-state index is 12.7. The van der Waals surface area contributed by atoms with E-state index in [1.807, 2.05) is 49.6 Å². The van der Waals surface area contributed by atoms with E-state index in [1.165, 1.54) is 23.1 Å². The Labute approximate surface area is 184 Å². The van der Waals surface area contributed by atoms with Crippen molar-refractivity contribution in [2.24, 2.45) is 0 Å². The number of carbonyl (C=O) groups is 1. The molecule has 6 nitrogen and oxygen atoms in total. The third-order valence-corrected chi connectivity index (χ3v) is 6.23. The molecule has 1 amide bonds. The summed E-state index contributed by atoms with van der Waals surface area (Å²) in [5, 5.41) is 14.8. The first-order valence-electron chi connectivity index (χ1n) is 9.39. The van der Waals surface area contributed by atoms with Gasteiger partial charge in [-0.15, -0.1) is 11.3 Å². The number of hydrogen-bond donors (Lipinski definition) is 1. The smallest absolute Gasteiger partial charge is 0.239 e. The quantitative estimate of drug-likeness (QED) is 0.502. The highest BCUT2D eigenvalue weighted by molar-refractivity contribution is 8.00. The Morgan fingerprint density at radius 3 is 2.53 bits per heavy atom. The van der Waals surface area contributed by atoms with Crippen LogP contribution in [0, 0.1) is 11.3 Å². The van der Waals surface area contributed by atoms with Gasteiger partial charge in [-0.05, 0) is 49.2 Å². The Morgan fingerprint density at radius 2 is 1.90 bits per heavy atom. The molecule has 1 aromatic carbocycles. The SMILES string of the molecule is COc1ccc(-c2csc(NC(=O)C(C)Sc3nc(C(C)C)ccc3C#N)n2)cc1. The average molecular weight is 439 g/mol. The zero-order valence-electron chi connectivity index (χ0n) is 17.2. The Bertz CT molecular complexity index is 1070. The van der Waals surface area contributed by atoms with Gasteiger partial charge in [0.05, 0.1) is 23.6 Å². The lowest BCUT2D eigenvalue weighted by atomic mass is 10.1. The zero-order chi connectivity index (χ0) is 21.7. The predicted molar refractivity (Wildman–Crippen MR) is 121 cm³/mol. The van der Waals surface area contributed by atoms with Crippen molar-refractivity contribution in [2.45, 2.75) is 37.0 Å². The van der Waals surface area contributed by atoms with Crippen LogP contribution in [0.1, 0.15) is 37.9 Å². The molecule has 3 rings (SSSR count). The van der Waals surface area contributed by atoms with E-state index < -0.39 is 5.25 Å². The maximum Gasteiger partial charge on any atom is 0.239 e. The summed E-state index contributed by atoms with van der Waals surface area (Å²) in [6.45, 7) is 5.88. The standard InChI is InChI=1S/C22H22N4O2S2/c1-13(2)18-10-7-16(11-23)21(24-18)30-14(3)20(27)26-22-25-19(12-29-22)15-5-8-17(28-4)9-6-15/h5-10,12-14H,1-4H3,(H,25,26,27). The summed E-state index contributed by atoms with van der Waals surface area (Å²) in [7, 11) is 1.62. The van der Waals surface area contributed by atoms with Crippen molar-refractivity contribution in [1.82, 2.24) is 9.97 Å². The van der Waals surface area contributed by atoms with Gasteiger partial charge in [0.15, 0.2) is 5.13 Å². The molecule has 0 spiro atoms. The van der Waals surface area contributed by atoms with Crippen LogP contribution in [0.15, 0.2) is 46.8 Å². The predicted octanol–water partition coefficient (Wildman–Crippen LogP) is 5.33. The lowest BCUT2D eigenvalue weighted by Gasteiger charge is -2.13. The van der Waals surface area contributed by atoms with Crippen molar-refractivity contribution in [3.05, 3.63) is 53.0 Å². The molecule has 0 radical (unpaired) electrons. The molecule has 30 heavy (non-hydrogen) atoms. The van der Waals surface area contributed by atoms with Crippen LogP contribution in [0.2, 0.25) is 0 Å². The monoisotopic (exact) mass is 438 g/mol. The molecule has 2 aromatic heterocycles. The molecule has 0 aliphatic rings. The number of nitriles is 1. The first kappa shape index (κ1) is 21.8. The Kier molecular flexibility index (Phi) is 7.08. The second-order valence-electron chi connectivity index (χ2n) is 6.87. The number of benzene rings is 1. The van der Waals surface area contributed by atoms with Crippen LogP contribution in [-0.2, 0) is 4.79 Å². The topological polar surface area (TPSA) is 87.9 Å². The van der Waals surface area contributed by atoms with Crippen LogP contribution in [0.5, 0.6) is 5.75 Å². The number of amides is 1. The molecule has 1 unspecified atom stereocenters. The van der Waals surface area contributed by atoms with Crippen molar-refractivity contribution in [2.75, 3.05) is 12.4 Å². The van der Waals surface area contributed by atoms with Crippen molar-refractivity contribution >= 4 is 34.1 Å². The summed E-state index contributed by atoms with van der Waals surface area (Å²) in [5.41, 5.74) is 3.10. The molecule has 0 saturated carbocycles. The third kappa shape index (κ3) is 5.17. The fourth-order valence-electron chi connectivity index (χ4n) is 2.60.